The van der Waals surface area contributed by atoms with E-state index >= 15 is 0 Å². The molecule has 0 aromatic heterocycles. The first kappa shape index (κ1) is 22.5. The van der Waals surface area contributed by atoms with E-state index < -0.39 is 61.0 Å². The highest BCUT2D eigenvalue weighted by molar-refractivity contribution is 5.76. The maximum absolute atomic E-state index is 10.4. The van der Waals surface area contributed by atoms with Gasteiger partial charge in [-0.05, 0) is 6.42 Å². The van der Waals surface area contributed by atoms with Gasteiger partial charge in [-0.25, -0.2) is 4.99 Å². The molecule has 14 heteroatoms. The number of hydrogen-bond donors (Lipinski definition) is 10. The minimum absolute atomic E-state index is 0.116. The summed E-state index contributed by atoms with van der Waals surface area (Å²) in [5, 5.41) is 40.8. The summed E-state index contributed by atoms with van der Waals surface area (Å²) in [6, 6.07) is -2.76. The second kappa shape index (κ2) is 9.15. The Morgan fingerprint density at radius 2 is 1.57 bits per heavy atom. The lowest BCUT2D eigenvalue weighted by atomic mass is 9.84. The topological polar surface area (TPSA) is 280 Å². The first-order valence-corrected chi connectivity index (χ1v) is 8.71. The van der Waals surface area contributed by atoms with E-state index in [0.717, 1.165) is 0 Å². The van der Waals surface area contributed by atoms with Gasteiger partial charge in [0.25, 0.3) is 0 Å². The van der Waals surface area contributed by atoms with Gasteiger partial charge >= 0.3 is 0 Å². The maximum atomic E-state index is 10.4. The Morgan fingerprint density at radius 1 is 0.929 bits per heavy atom. The van der Waals surface area contributed by atoms with E-state index in [2.05, 4.69) is 9.98 Å². The number of rotatable bonds is 5. The second-order valence-electron chi connectivity index (χ2n) is 6.97. The van der Waals surface area contributed by atoms with Crippen molar-refractivity contribution in [3.63, 3.8) is 0 Å². The molecule has 0 amide bonds. The molecule has 14 nitrogen and oxygen atoms in total. The van der Waals surface area contributed by atoms with Gasteiger partial charge in [0.15, 0.2) is 18.2 Å². The highest BCUT2D eigenvalue weighted by Crippen LogP contribution is 2.29. The van der Waals surface area contributed by atoms with Crippen LogP contribution in [0.2, 0.25) is 0 Å². The number of ether oxygens (including phenoxy) is 2. The van der Waals surface area contributed by atoms with Gasteiger partial charge in [0.1, 0.15) is 30.5 Å². The lowest BCUT2D eigenvalue weighted by molar-refractivity contribution is -0.287. The Bertz CT molecular complexity index is 586. The van der Waals surface area contributed by atoms with Gasteiger partial charge in [0.05, 0.1) is 24.7 Å². The summed E-state index contributed by atoms with van der Waals surface area (Å²) < 4.78 is 11.3. The van der Waals surface area contributed by atoms with E-state index in [1.54, 1.807) is 0 Å². The molecule has 0 unspecified atom stereocenters. The standard InChI is InChI=1S/C14H30N8O6/c15-3-1-4(22-14(19)20)11(10(26)7(3)23)28-12-6(16)9(25)8(24)5(27-12)2-21-13(17)18/h3-12,23-26H,1-2,15-16H2,(H4,17,18,21)(H4,19,20,22)/t3-,4+,5-,6-,7+,8-,9-,10-,11-,12-/m1/s1. The molecule has 1 saturated heterocycles. The van der Waals surface area contributed by atoms with Crippen LogP contribution in [0.5, 0.6) is 0 Å². The third-order valence-electron chi connectivity index (χ3n) is 4.83. The van der Waals surface area contributed by atoms with Gasteiger partial charge in [-0.2, -0.15) is 0 Å². The Balaban J connectivity index is 2.21. The van der Waals surface area contributed by atoms with Crippen molar-refractivity contribution in [2.24, 2.45) is 44.4 Å². The number of aliphatic hydroxyl groups is 4. The lowest BCUT2D eigenvalue weighted by Gasteiger charge is -2.45. The molecule has 1 aliphatic carbocycles. The number of nitrogens with zero attached hydrogens (tertiary/aromatic N) is 2. The quantitative estimate of drug-likeness (QED) is 0.151. The van der Waals surface area contributed by atoms with E-state index in [9.17, 15) is 20.4 Å². The summed E-state index contributed by atoms with van der Waals surface area (Å²) in [7, 11) is 0. The van der Waals surface area contributed by atoms with Crippen molar-refractivity contribution >= 4 is 11.9 Å². The Morgan fingerprint density at radius 3 is 2.14 bits per heavy atom. The Hall–Kier alpha value is -1.78. The van der Waals surface area contributed by atoms with Crippen LogP contribution in [-0.2, 0) is 9.47 Å². The van der Waals surface area contributed by atoms with E-state index in [4.69, 9.17) is 43.9 Å². The third kappa shape index (κ3) is 4.98. The van der Waals surface area contributed by atoms with Crippen molar-refractivity contribution in [1.82, 2.24) is 0 Å². The first-order valence-electron chi connectivity index (χ1n) is 8.71. The molecule has 0 spiro atoms. The van der Waals surface area contributed by atoms with Crippen molar-refractivity contribution in [3.05, 3.63) is 0 Å². The Labute approximate surface area is 161 Å². The zero-order valence-corrected chi connectivity index (χ0v) is 15.2. The van der Waals surface area contributed by atoms with Crippen LogP contribution in [-0.4, -0.2) is 99.9 Å². The molecule has 1 heterocycles. The van der Waals surface area contributed by atoms with Gasteiger partial charge in [-0.15, -0.1) is 0 Å². The van der Waals surface area contributed by atoms with Crippen LogP contribution >= 0.6 is 0 Å². The number of aliphatic hydroxyl groups excluding tert-OH is 4. The minimum atomic E-state index is -1.45. The fourth-order valence-electron chi connectivity index (χ4n) is 3.29. The van der Waals surface area contributed by atoms with Crippen molar-refractivity contribution in [2.75, 3.05) is 6.54 Å². The molecule has 10 atom stereocenters. The fourth-order valence-corrected chi connectivity index (χ4v) is 3.29. The van der Waals surface area contributed by atoms with Crippen LogP contribution in [0.4, 0.5) is 0 Å². The summed E-state index contributed by atoms with van der Waals surface area (Å²) >= 11 is 0. The molecule has 28 heavy (non-hydrogen) atoms. The lowest BCUT2D eigenvalue weighted by Crippen LogP contribution is -2.66. The smallest absolute Gasteiger partial charge is 0.186 e. The number of nitrogens with two attached hydrogens (primary N) is 6. The Kier molecular flexibility index (Phi) is 7.35. The van der Waals surface area contributed by atoms with Crippen LogP contribution < -0.4 is 34.4 Å². The minimum Gasteiger partial charge on any atom is -0.389 e. The number of aliphatic imine (C=N–C) groups is 2. The average Bonchev–Trinajstić information content (AvgIpc) is 2.61. The normalized spacial score (nSPS) is 43.9. The van der Waals surface area contributed by atoms with Crippen LogP contribution in [0.15, 0.2) is 9.98 Å². The molecule has 1 aliphatic heterocycles. The SMILES string of the molecule is NC(N)=NC[C@H]1O[C@H](O[C@H]2[C@H](O)[C@@H](O)[C@H](N)C[C@@H]2N=C(N)N)[C@H](N)[C@@H](O)[C@@H]1O. The predicted octanol–water partition coefficient (Wildman–Crippen LogP) is -6.49. The molecule has 162 valence electrons. The molecule has 0 radical (unpaired) electrons. The summed E-state index contributed by atoms with van der Waals surface area (Å²) in [4.78, 5) is 7.74. The molecular formula is C14H30N8O6. The molecule has 0 aromatic rings. The maximum Gasteiger partial charge on any atom is 0.186 e. The van der Waals surface area contributed by atoms with E-state index in [1.807, 2.05) is 0 Å². The van der Waals surface area contributed by atoms with Gasteiger partial charge in [-0.1, -0.05) is 0 Å². The van der Waals surface area contributed by atoms with Crippen LogP contribution in [0.1, 0.15) is 6.42 Å². The number of guanidine groups is 2. The summed E-state index contributed by atoms with van der Waals surface area (Å²) in [5.74, 6) is -0.491. The molecule has 2 fully saturated rings. The molecule has 2 aliphatic rings. The van der Waals surface area contributed by atoms with Crippen molar-refractivity contribution < 1.29 is 29.9 Å². The molecule has 1 saturated carbocycles. The monoisotopic (exact) mass is 406 g/mol. The van der Waals surface area contributed by atoms with Gasteiger partial charge in [0, 0.05) is 6.04 Å². The highest BCUT2D eigenvalue weighted by atomic mass is 16.7. The molecular weight excluding hydrogens is 376 g/mol. The first-order chi connectivity index (χ1) is 13.0. The fraction of sp³-hybridized carbons (Fsp3) is 0.857. The second-order valence-corrected chi connectivity index (χ2v) is 6.97. The van der Waals surface area contributed by atoms with Crippen LogP contribution in [0.3, 0.4) is 0 Å². The third-order valence-corrected chi connectivity index (χ3v) is 4.83. The zero-order chi connectivity index (χ0) is 21.2. The summed E-state index contributed by atoms with van der Waals surface area (Å²) in [5.41, 5.74) is 33.1. The van der Waals surface area contributed by atoms with Gasteiger partial charge < -0.3 is 64.3 Å². The molecule has 0 bridgehead atoms. The van der Waals surface area contributed by atoms with E-state index in [1.165, 1.54) is 0 Å². The molecule has 16 N–H and O–H groups in total. The van der Waals surface area contributed by atoms with Crippen molar-refractivity contribution in [2.45, 2.75) is 67.5 Å². The predicted molar refractivity (Wildman–Crippen MR) is 98.4 cm³/mol. The molecule has 2 rings (SSSR count). The van der Waals surface area contributed by atoms with E-state index in [-0.39, 0.29) is 24.9 Å². The largest absolute Gasteiger partial charge is 0.389 e. The summed E-state index contributed by atoms with van der Waals surface area (Å²) in [6.45, 7) is -0.162. The summed E-state index contributed by atoms with van der Waals surface area (Å²) in [6.07, 6.45) is -8.89. The van der Waals surface area contributed by atoms with E-state index in [0.29, 0.717) is 0 Å². The highest BCUT2D eigenvalue weighted by Gasteiger charge is 2.49. The van der Waals surface area contributed by atoms with Crippen LogP contribution in [0.25, 0.3) is 0 Å². The van der Waals surface area contributed by atoms with Crippen LogP contribution in [0, 0.1) is 0 Å². The molecule has 0 aromatic carbocycles. The van der Waals surface area contributed by atoms with Gasteiger partial charge in [-0.3, -0.25) is 4.99 Å². The average molecular weight is 406 g/mol. The number of hydrogen-bond acceptors (Lipinski definition) is 10. The zero-order valence-electron chi connectivity index (χ0n) is 15.2. The van der Waals surface area contributed by atoms with Crippen molar-refractivity contribution in [3.8, 4) is 0 Å². The van der Waals surface area contributed by atoms with Gasteiger partial charge in [0.2, 0.25) is 0 Å². The van der Waals surface area contributed by atoms with Crippen molar-refractivity contribution in [1.29, 1.82) is 0 Å².